The molecule has 1 unspecified atom stereocenters. The number of fused-ring (bicyclic) bond motifs is 1. The summed E-state index contributed by atoms with van der Waals surface area (Å²) in [4.78, 5) is 18.5. The summed E-state index contributed by atoms with van der Waals surface area (Å²) < 4.78 is 32.4. The van der Waals surface area contributed by atoms with Gasteiger partial charge in [-0.25, -0.2) is 13.8 Å². The Kier molecular flexibility index (Phi) is 3.65. The van der Waals surface area contributed by atoms with Gasteiger partial charge in [0.1, 0.15) is 29.1 Å². The molecule has 2 aliphatic heterocycles. The molecule has 7 heteroatoms. The van der Waals surface area contributed by atoms with Crippen LogP contribution < -0.4 is 5.32 Å². The first-order valence-corrected chi connectivity index (χ1v) is 7.74. The lowest BCUT2D eigenvalue weighted by molar-refractivity contribution is -0.133. The molecule has 1 amide bonds. The van der Waals surface area contributed by atoms with Crippen molar-refractivity contribution in [3.8, 4) is 11.5 Å². The summed E-state index contributed by atoms with van der Waals surface area (Å²) in [5, 5.41) is 3.09. The number of hydrogen-bond acceptors (Lipinski definition) is 4. The van der Waals surface area contributed by atoms with Gasteiger partial charge in [0.2, 0.25) is 11.8 Å². The number of hydrogen-bond donors (Lipinski definition) is 1. The molecular weight excluding hydrogens is 316 g/mol. The van der Waals surface area contributed by atoms with Crippen molar-refractivity contribution in [3.05, 3.63) is 53.4 Å². The van der Waals surface area contributed by atoms with Crippen LogP contribution in [0.25, 0.3) is 11.5 Å². The van der Waals surface area contributed by atoms with Gasteiger partial charge in [-0.05, 0) is 12.1 Å². The Morgan fingerprint density at radius 3 is 2.79 bits per heavy atom. The zero-order valence-corrected chi connectivity index (χ0v) is 12.8. The van der Waals surface area contributed by atoms with Gasteiger partial charge in [0.15, 0.2) is 0 Å². The number of rotatable bonds is 2. The maximum Gasteiger partial charge on any atom is 0.244 e. The Hall–Kier alpha value is -2.54. The molecule has 1 atom stereocenters. The van der Waals surface area contributed by atoms with E-state index in [4.69, 9.17) is 4.42 Å². The largest absolute Gasteiger partial charge is 0.441 e. The number of carbonyl (C=O) groups is 1. The molecule has 1 aromatic heterocycles. The average Bonchev–Trinajstić information content (AvgIpc) is 3.22. The first kappa shape index (κ1) is 15.0. The minimum absolute atomic E-state index is 0.00394. The van der Waals surface area contributed by atoms with E-state index < -0.39 is 11.6 Å². The molecule has 0 saturated heterocycles. The van der Waals surface area contributed by atoms with Crippen LogP contribution in [-0.4, -0.2) is 34.9 Å². The molecular formula is C17H15F2N3O2. The maximum atomic E-state index is 13.4. The third kappa shape index (κ3) is 2.71. The summed E-state index contributed by atoms with van der Waals surface area (Å²) in [5.74, 6) is -0.537. The quantitative estimate of drug-likeness (QED) is 0.856. The molecule has 4 rings (SSSR count). The van der Waals surface area contributed by atoms with Gasteiger partial charge >= 0.3 is 0 Å². The van der Waals surface area contributed by atoms with Crippen LogP contribution in [0, 0.1) is 11.6 Å². The standard InChI is InChI=1S/C17H15F2N3O2/c18-11-6-10(7-12(19)8-11)16-21-14-9-22(5-3-15(14)24-16)17(23)13-2-1-4-20-13/h1-2,6-8,13,20H,3-5,9H2. The molecule has 0 fully saturated rings. The summed E-state index contributed by atoms with van der Waals surface area (Å²) in [5.41, 5.74) is 0.886. The predicted molar refractivity (Wildman–Crippen MR) is 81.9 cm³/mol. The molecule has 3 heterocycles. The van der Waals surface area contributed by atoms with Crippen LogP contribution in [0.2, 0.25) is 0 Å². The molecule has 24 heavy (non-hydrogen) atoms. The molecule has 2 aliphatic rings. The first-order chi connectivity index (χ1) is 11.6. The highest BCUT2D eigenvalue weighted by molar-refractivity contribution is 5.84. The lowest BCUT2D eigenvalue weighted by atomic mass is 10.1. The fourth-order valence-corrected chi connectivity index (χ4v) is 3.02. The van der Waals surface area contributed by atoms with Crippen molar-refractivity contribution in [2.75, 3.05) is 13.1 Å². The van der Waals surface area contributed by atoms with Gasteiger partial charge in [0.05, 0.1) is 6.54 Å². The van der Waals surface area contributed by atoms with Crippen molar-refractivity contribution in [1.29, 1.82) is 0 Å². The van der Waals surface area contributed by atoms with Crippen molar-refractivity contribution in [2.45, 2.75) is 19.0 Å². The third-order valence-corrected chi connectivity index (χ3v) is 4.20. The molecule has 5 nitrogen and oxygen atoms in total. The molecule has 0 saturated carbocycles. The SMILES string of the molecule is O=C(C1C=CCN1)N1CCc2oc(-c3cc(F)cc(F)c3)nc2C1. The lowest BCUT2D eigenvalue weighted by Gasteiger charge is -2.27. The second kappa shape index (κ2) is 5.83. The molecule has 2 aromatic rings. The number of amides is 1. The third-order valence-electron chi connectivity index (χ3n) is 4.20. The molecule has 0 radical (unpaired) electrons. The van der Waals surface area contributed by atoms with Gasteiger partial charge in [-0.15, -0.1) is 0 Å². The molecule has 0 aliphatic carbocycles. The fraction of sp³-hybridized carbons (Fsp3) is 0.294. The number of benzene rings is 1. The molecule has 0 spiro atoms. The summed E-state index contributed by atoms with van der Waals surface area (Å²) in [6, 6.07) is 2.86. The van der Waals surface area contributed by atoms with E-state index in [1.807, 2.05) is 12.2 Å². The smallest absolute Gasteiger partial charge is 0.244 e. The second-order valence-electron chi connectivity index (χ2n) is 5.87. The molecule has 1 aromatic carbocycles. The van der Waals surface area contributed by atoms with Gasteiger partial charge in [-0.1, -0.05) is 12.2 Å². The number of carbonyl (C=O) groups excluding carboxylic acids is 1. The van der Waals surface area contributed by atoms with Gasteiger partial charge in [-0.2, -0.15) is 0 Å². The molecule has 124 valence electrons. The van der Waals surface area contributed by atoms with E-state index in [-0.39, 0.29) is 23.4 Å². The van der Waals surface area contributed by atoms with Crippen molar-refractivity contribution < 1.29 is 18.0 Å². The van der Waals surface area contributed by atoms with Crippen molar-refractivity contribution in [3.63, 3.8) is 0 Å². The van der Waals surface area contributed by atoms with Crippen molar-refractivity contribution in [1.82, 2.24) is 15.2 Å². The Morgan fingerprint density at radius 2 is 2.08 bits per heavy atom. The maximum absolute atomic E-state index is 13.4. The highest BCUT2D eigenvalue weighted by atomic mass is 19.1. The first-order valence-electron chi connectivity index (χ1n) is 7.74. The summed E-state index contributed by atoms with van der Waals surface area (Å²) in [6.45, 7) is 1.56. The van der Waals surface area contributed by atoms with Crippen molar-refractivity contribution in [2.24, 2.45) is 0 Å². The summed E-state index contributed by atoms with van der Waals surface area (Å²) >= 11 is 0. The summed E-state index contributed by atoms with van der Waals surface area (Å²) in [7, 11) is 0. The minimum Gasteiger partial charge on any atom is -0.441 e. The number of oxazole rings is 1. The van der Waals surface area contributed by atoms with Crippen LogP contribution in [0.3, 0.4) is 0 Å². The average molecular weight is 331 g/mol. The number of nitrogens with one attached hydrogen (secondary N) is 1. The molecule has 1 N–H and O–H groups in total. The van der Waals surface area contributed by atoms with Crippen LogP contribution in [0.4, 0.5) is 8.78 Å². The van der Waals surface area contributed by atoms with E-state index in [0.29, 0.717) is 37.5 Å². The summed E-state index contributed by atoms with van der Waals surface area (Å²) in [6.07, 6.45) is 4.30. The highest BCUT2D eigenvalue weighted by Gasteiger charge is 2.29. The Balaban J connectivity index is 1.57. The van der Waals surface area contributed by atoms with E-state index in [0.717, 1.165) is 6.07 Å². The van der Waals surface area contributed by atoms with Crippen molar-refractivity contribution >= 4 is 5.91 Å². The Bertz CT molecular complexity index is 811. The zero-order chi connectivity index (χ0) is 16.7. The Labute approximate surface area is 137 Å². The topological polar surface area (TPSA) is 58.4 Å². The van der Waals surface area contributed by atoms with Gasteiger partial charge < -0.3 is 9.32 Å². The van der Waals surface area contributed by atoms with Crippen LogP contribution in [-0.2, 0) is 17.8 Å². The molecule has 0 bridgehead atoms. The van der Waals surface area contributed by atoms with Crippen LogP contribution >= 0.6 is 0 Å². The fourth-order valence-electron chi connectivity index (χ4n) is 3.02. The van der Waals surface area contributed by atoms with E-state index in [9.17, 15) is 13.6 Å². The zero-order valence-electron chi connectivity index (χ0n) is 12.8. The lowest BCUT2D eigenvalue weighted by Crippen LogP contribution is -2.45. The normalized spacial score (nSPS) is 19.6. The van der Waals surface area contributed by atoms with Crippen LogP contribution in [0.5, 0.6) is 0 Å². The minimum atomic E-state index is -0.683. The van der Waals surface area contributed by atoms with E-state index >= 15 is 0 Å². The van der Waals surface area contributed by atoms with Gasteiger partial charge in [0.25, 0.3) is 0 Å². The predicted octanol–water partition coefficient (Wildman–Crippen LogP) is 2.03. The van der Waals surface area contributed by atoms with Gasteiger partial charge in [0, 0.05) is 31.1 Å². The van der Waals surface area contributed by atoms with Crippen LogP contribution in [0.1, 0.15) is 11.5 Å². The van der Waals surface area contributed by atoms with E-state index in [2.05, 4.69) is 10.3 Å². The number of aromatic nitrogens is 1. The second-order valence-corrected chi connectivity index (χ2v) is 5.87. The number of halogens is 2. The van der Waals surface area contributed by atoms with Crippen LogP contribution in [0.15, 0.2) is 34.8 Å². The van der Waals surface area contributed by atoms with Gasteiger partial charge in [-0.3, -0.25) is 10.1 Å². The highest BCUT2D eigenvalue weighted by Crippen LogP contribution is 2.27. The Morgan fingerprint density at radius 1 is 1.29 bits per heavy atom. The monoisotopic (exact) mass is 331 g/mol. The van der Waals surface area contributed by atoms with E-state index in [1.165, 1.54) is 12.1 Å². The van der Waals surface area contributed by atoms with E-state index in [1.54, 1.807) is 4.90 Å². The number of nitrogens with zero attached hydrogens (tertiary/aromatic N) is 2.